The average molecular weight is 255 g/mol. The maximum absolute atomic E-state index is 5.38. The minimum atomic E-state index is 0.408. The van der Waals surface area contributed by atoms with Gasteiger partial charge in [0.25, 0.3) is 0 Å². The van der Waals surface area contributed by atoms with E-state index < -0.39 is 0 Å². The van der Waals surface area contributed by atoms with Crippen LogP contribution in [0.3, 0.4) is 0 Å². The molecule has 0 spiro atoms. The monoisotopic (exact) mass is 255 g/mol. The van der Waals surface area contributed by atoms with Crippen molar-refractivity contribution in [1.29, 1.82) is 0 Å². The molecule has 1 aromatic heterocycles. The molecule has 0 saturated carbocycles. The highest BCUT2D eigenvalue weighted by Crippen LogP contribution is 2.17. The smallest absolute Gasteiger partial charge is 0.191 e. The number of hydrazine groups is 1. The Hall–Kier alpha value is -1.01. The van der Waals surface area contributed by atoms with Crippen molar-refractivity contribution in [2.45, 2.75) is 44.3 Å². The van der Waals surface area contributed by atoms with Crippen molar-refractivity contribution < 1.29 is 0 Å². The summed E-state index contributed by atoms with van der Waals surface area (Å²) < 4.78 is 0. The summed E-state index contributed by atoms with van der Waals surface area (Å²) in [6.45, 7) is 4.35. The predicted octanol–water partition coefficient (Wildman–Crippen LogP) is 2.47. The molecule has 1 atom stereocenters. The van der Waals surface area contributed by atoms with Gasteiger partial charge in [-0.05, 0) is 19.6 Å². The number of hydrogen-bond donors (Lipinski definition) is 3. The molecule has 1 rings (SSSR count). The van der Waals surface area contributed by atoms with Gasteiger partial charge in [-0.2, -0.15) is 0 Å². The SMILES string of the molecule is CCCCC(C)Nc1cc(NN)nc(SC)n1. The van der Waals surface area contributed by atoms with Crippen molar-refractivity contribution >= 4 is 23.4 Å². The lowest BCUT2D eigenvalue weighted by molar-refractivity contribution is 0.642. The van der Waals surface area contributed by atoms with Gasteiger partial charge in [-0.3, -0.25) is 0 Å². The van der Waals surface area contributed by atoms with Gasteiger partial charge < -0.3 is 10.7 Å². The number of aromatic nitrogens is 2. The van der Waals surface area contributed by atoms with E-state index in [1.807, 2.05) is 12.3 Å². The highest BCUT2D eigenvalue weighted by Gasteiger charge is 2.06. The van der Waals surface area contributed by atoms with Crippen LogP contribution in [0.2, 0.25) is 0 Å². The average Bonchev–Trinajstić information content (AvgIpc) is 2.35. The Morgan fingerprint density at radius 3 is 2.71 bits per heavy atom. The van der Waals surface area contributed by atoms with Gasteiger partial charge in [-0.1, -0.05) is 31.5 Å². The lowest BCUT2D eigenvalue weighted by Gasteiger charge is -2.15. The van der Waals surface area contributed by atoms with Gasteiger partial charge in [0.2, 0.25) is 0 Å². The Bertz CT molecular complexity index is 322. The van der Waals surface area contributed by atoms with Crippen molar-refractivity contribution in [3.05, 3.63) is 6.07 Å². The van der Waals surface area contributed by atoms with Crippen molar-refractivity contribution in [3.8, 4) is 0 Å². The molecule has 0 bridgehead atoms. The van der Waals surface area contributed by atoms with Crippen LogP contribution in [0.5, 0.6) is 0 Å². The normalized spacial score (nSPS) is 12.2. The molecule has 0 saturated heterocycles. The van der Waals surface area contributed by atoms with Crippen LogP contribution < -0.4 is 16.6 Å². The first-order valence-electron chi connectivity index (χ1n) is 5.85. The summed E-state index contributed by atoms with van der Waals surface area (Å²) in [4.78, 5) is 8.61. The van der Waals surface area contributed by atoms with Crippen molar-refractivity contribution in [1.82, 2.24) is 9.97 Å². The van der Waals surface area contributed by atoms with Crippen LogP contribution in [0.1, 0.15) is 33.1 Å². The minimum absolute atomic E-state index is 0.408. The van der Waals surface area contributed by atoms with Crippen LogP contribution in [0.4, 0.5) is 11.6 Å². The largest absolute Gasteiger partial charge is 0.367 e. The molecule has 1 heterocycles. The molecular formula is C11H21N5S. The van der Waals surface area contributed by atoms with Crippen LogP contribution in [0.25, 0.3) is 0 Å². The summed E-state index contributed by atoms with van der Waals surface area (Å²) in [5.74, 6) is 6.83. The van der Waals surface area contributed by atoms with Gasteiger partial charge in [0.05, 0.1) is 0 Å². The van der Waals surface area contributed by atoms with Crippen LogP contribution in [0.15, 0.2) is 11.2 Å². The zero-order chi connectivity index (χ0) is 12.7. The molecule has 0 fully saturated rings. The fraction of sp³-hybridized carbons (Fsp3) is 0.636. The van der Waals surface area contributed by atoms with E-state index in [1.165, 1.54) is 24.6 Å². The fourth-order valence-corrected chi connectivity index (χ4v) is 1.88. The predicted molar refractivity (Wildman–Crippen MR) is 74.2 cm³/mol. The molecule has 1 unspecified atom stereocenters. The van der Waals surface area contributed by atoms with Crippen LogP contribution in [0, 0.1) is 0 Å². The molecule has 0 radical (unpaired) electrons. The van der Waals surface area contributed by atoms with Crippen molar-refractivity contribution in [2.24, 2.45) is 5.84 Å². The molecule has 4 N–H and O–H groups in total. The van der Waals surface area contributed by atoms with E-state index in [4.69, 9.17) is 5.84 Å². The number of rotatable bonds is 7. The number of thioether (sulfide) groups is 1. The van der Waals surface area contributed by atoms with E-state index >= 15 is 0 Å². The molecule has 0 aliphatic rings. The minimum Gasteiger partial charge on any atom is -0.367 e. The van der Waals surface area contributed by atoms with E-state index in [2.05, 4.69) is 34.6 Å². The van der Waals surface area contributed by atoms with Gasteiger partial charge in [-0.25, -0.2) is 15.8 Å². The second-order valence-corrected chi connectivity index (χ2v) is 4.73. The van der Waals surface area contributed by atoms with E-state index in [-0.39, 0.29) is 0 Å². The summed E-state index contributed by atoms with van der Waals surface area (Å²) in [6, 6.07) is 2.23. The first-order chi connectivity index (χ1) is 8.19. The van der Waals surface area contributed by atoms with E-state index in [0.717, 1.165) is 12.2 Å². The molecule has 0 aliphatic heterocycles. The summed E-state index contributed by atoms with van der Waals surface area (Å²) in [5.41, 5.74) is 2.55. The Kier molecular flexibility index (Phi) is 6.07. The summed E-state index contributed by atoms with van der Waals surface area (Å²) in [7, 11) is 0. The standard InChI is InChI=1S/C11H21N5S/c1-4-5-6-8(2)13-9-7-10(16-12)15-11(14-9)17-3/h7-8H,4-6,12H2,1-3H3,(H2,13,14,15,16). The Morgan fingerprint density at radius 2 is 2.12 bits per heavy atom. The Morgan fingerprint density at radius 1 is 1.41 bits per heavy atom. The number of anilines is 2. The highest BCUT2D eigenvalue weighted by molar-refractivity contribution is 7.98. The fourth-order valence-electron chi connectivity index (χ4n) is 1.50. The summed E-state index contributed by atoms with van der Waals surface area (Å²) in [6.07, 6.45) is 5.51. The zero-order valence-electron chi connectivity index (χ0n) is 10.7. The third-order valence-corrected chi connectivity index (χ3v) is 2.97. The van der Waals surface area contributed by atoms with Gasteiger partial charge >= 0.3 is 0 Å². The maximum Gasteiger partial charge on any atom is 0.191 e. The Balaban J connectivity index is 2.68. The number of nitrogen functional groups attached to an aromatic ring is 1. The topological polar surface area (TPSA) is 75.9 Å². The molecule has 6 heteroatoms. The van der Waals surface area contributed by atoms with E-state index in [1.54, 1.807) is 0 Å². The molecule has 1 aromatic rings. The van der Waals surface area contributed by atoms with Gasteiger partial charge in [0.15, 0.2) is 5.16 Å². The summed E-state index contributed by atoms with van der Waals surface area (Å²) in [5, 5.41) is 4.08. The number of nitrogens with zero attached hydrogens (tertiary/aromatic N) is 2. The number of nitrogens with two attached hydrogens (primary N) is 1. The first-order valence-corrected chi connectivity index (χ1v) is 7.08. The second-order valence-electron chi connectivity index (χ2n) is 3.96. The lowest BCUT2D eigenvalue weighted by atomic mass is 10.1. The lowest BCUT2D eigenvalue weighted by Crippen LogP contribution is -2.17. The van der Waals surface area contributed by atoms with Crippen LogP contribution in [-0.2, 0) is 0 Å². The molecule has 0 aliphatic carbocycles. The summed E-state index contributed by atoms with van der Waals surface area (Å²) >= 11 is 1.50. The van der Waals surface area contributed by atoms with E-state index in [0.29, 0.717) is 17.0 Å². The highest BCUT2D eigenvalue weighted by atomic mass is 32.2. The van der Waals surface area contributed by atoms with Crippen LogP contribution >= 0.6 is 11.8 Å². The van der Waals surface area contributed by atoms with Crippen molar-refractivity contribution in [2.75, 3.05) is 17.0 Å². The molecular weight excluding hydrogens is 234 g/mol. The second kappa shape index (κ2) is 7.34. The van der Waals surface area contributed by atoms with Gasteiger partial charge in [-0.15, -0.1) is 0 Å². The molecule has 17 heavy (non-hydrogen) atoms. The van der Waals surface area contributed by atoms with Gasteiger partial charge in [0.1, 0.15) is 11.6 Å². The molecule has 96 valence electrons. The Labute approximate surface area is 107 Å². The third kappa shape index (κ3) is 4.79. The van der Waals surface area contributed by atoms with Gasteiger partial charge in [0, 0.05) is 12.1 Å². The zero-order valence-corrected chi connectivity index (χ0v) is 11.5. The maximum atomic E-state index is 5.38. The molecule has 5 nitrogen and oxygen atoms in total. The molecule has 0 aromatic carbocycles. The van der Waals surface area contributed by atoms with E-state index in [9.17, 15) is 0 Å². The number of nitrogens with one attached hydrogen (secondary N) is 2. The van der Waals surface area contributed by atoms with Crippen molar-refractivity contribution in [3.63, 3.8) is 0 Å². The number of unbranched alkanes of at least 4 members (excludes halogenated alkanes) is 1. The first kappa shape index (κ1) is 14.1. The quantitative estimate of drug-likeness (QED) is 0.301. The molecule has 0 amide bonds. The third-order valence-electron chi connectivity index (χ3n) is 2.42. The number of hydrogen-bond acceptors (Lipinski definition) is 6. The van der Waals surface area contributed by atoms with Crippen LogP contribution in [-0.4, -0.2) is 22.3 Å².